The van der Waals surface area contributed by atoms with Gasteiger partial charge in [0, 0.05) is 27.6 Å². The minimum Gasteiger partial charge on any atom is -0.870 e. The summed E-state index contributed by atoms with van der Waals surface area (Å²) in [6, 6.07) is 15.5. The van der Waals surface area contributed by atoms with Crippen molar-refractivity contribution >= 4 is 67.1 Å². The Morgan fingerprint density at radius 1 is 1.05 bits per heavy atom. The predicted molar refractivity (Wildman–Crippen MR) is 149 cm³/mol. The molecule has 4 aromatic carbocycles. The first-order chi connectivity index (χ1) is 18.5. The first-order valence-electron chi connectivity index (χ1n) is 11.7. The van der Waals surface area contributed by atoms with E-state index in [0.717, 1.165) is 6.07 Å². The van der Waals surface area contributed by atoms with Crippen molar-refractivity contribution in [1.82, 2.24) is 0 Å². The third-order valence-corrected chi connectivity index (χ3v) is 7.22. The molecule has 0 aliphatic carbocycles. The molecule has 0 fully saturated rings. The molecule has 1 amide bonds. The van der Waals surface area contributed by atoms with Crippen LogP contribution in [-0.2, 0) is 16.5 Å². The topological polar surface area (TPSA) is 140 Å². The molecule has 9 nitrogen and oxygen atoms in total. The number of nitrogens with zero attached hydrogens (tertiary/aromatic N) is 2. The van der Waals surface area contributed by atoms with Gasteiger partial charge in [-0.3, -0.25) is 9.35 Å². The van der Waals surface area contributed by atoms with Crippen molar-refractivity contribution in [2.24, 2.45) is 10.2 Å². The average molecular weight is 610 g/mol. The number of azo groups is 1. The van der Waals surface area contributed by atoms with E-state index in [1.165, 1.54) is 12.1 Å². The molecule has 2 N–H and O–H groups in total. The molecule has 0 radical (unpaired) electrons. The van der Waals surface area contributed by atoms with Gasteiger partial charge in [0.2, 0.25) is 0 Å². The van der Waals surface area contributed by atoms with E-state index in [-0.39, 0.29) is 74.2 Å². The number of halogens is 2. The smallest absolute Gasteiger partial charge is 0.870 e. The summed E-state index contributed by atoms with van der Waals surface area (Å²) < 4.78 is 38.9. The standard InChI is InChI=1S/C27H23Cl2N3O6S.Na/c1-3-18-22(12-16(28)13-24(18)39(35,36)37)31-32-25-19-8-6-5-7-15(19)11-20(26(25)33)27(34)30-23-14-17(38-4-2)9-10-21(23)29;/h5-14,33H,3-4H2,1-2H3,(H,30,34)(H,35,36,37);/q;+1/p-1. The van der Waals surface area contributed by atoms with E-state index in [1.54, 1.807) is 49.4 Å². The molecule has 0 heterocycles. The third-order valence-electron chi connectivity index (χ3n) is 5.76. The van der Waals surface area contributed by atoms with E-state index >= 15 is 0 Å². The van der Waals surface area contributed by atoms with Crippen molar-refractivity contribution in [1.29, 1.82) is 0 Å². The number of fused-ring (bicyclic) bond motifs is 1. The summed E-state index contributed by atoms with van der Waals surface area (Å²) in [6.45, 7) is 3.90. The molecule has 0 atom stereocenters. The number of ether oxygens (including phenoxy) is 1. The number of anilines is 1. The summed E-state index contributed by atoms with van der Waals surface area (Å²) >= 11 is 12.3. The maximum Gasteiger partial charge on any atom is 1.00 e. The van der Waals surface area contributed by atoms with Gasteiger partial charge in [0.15, 0.2) is 0 Å². The molecule has 0 aliphatic rings. The van der Waals surface area contributed by atoms with E-state index in [1.807, 2.05) is 6.92 Å². The summed E-state index contributed by atoms with van der Waals surface area (Å²) in [4.78, 5) is 12.8. The number of hydrogen-bond acceptors (Lipinski definition) is 7. The monoisotopic (exact) mass is 609 g/mol. The molecule has 0 aliphatic heterocycles. The molecular formula is C27H22Cl2N3NaO6S. The van der Waals surface area contributed by atoms with Crippen LogP contribution in [0.5, 0.6) is 11.5 Å². The van der Waals surface area contributed by atoms with Gasteiger partial charge >= 0.3 is 29.6 Å². The van der Waals surface area contributed by atoms with Crippen molar-refractivity contribution < 1.29 is 57.2 Å². The molecule has 0 unspecified atom stereocenters. The van der Waals surface area contributed by atoms with Gasteiger partial charge in [-0.15, -0.1) is 0 Å². The second-order valence-electron chi connectivity index (χ2n) is 8.28. The fraction of sp³-hybridized carbons (Fsp3) is 0.148. The van der Waals surface area contributed by atoms with Gasteiger partial charge in [-0.1, -0.05) is 60.1 Å². The van der Waals surface area contributed by atoms with Crippen molar-refractivity contribution in [2.75, 3.05) is 11.9 Å². The molecule has 40 heavy (non-hydrogen) atoms. The molecule has 13 heteroatoms. The van der Waals surface area contributed by atoms with Crippen LogP contribution in [0.1, 0.15) is 29.8 Å². The first kappa shape index (κ1) is 31.8. The molecule has 4 aromatic rings. The minimum atomic E-state index is -4.59. The van der Waals surface area contributed by atoms with Crippen LogP contribution in [0.2, 0.25) is 10.0 Å². The van der Waals surface area contributed by atoms with Crippen LogP contribution in [0.15, 0.2) is 75.8 Å². The van der Waals surface area contributed by atoms with Crippen LogP contribution in [-0.4, -0.2) is 25.5 Å². The first-order valence-corrected chi connectivity index (χ1v) is 13.9. The Hall–Kier alpha value is -2.70. The zero-order chi connectivity index (χ0) is 28.3. The second kappa shape index (κ2) is 13.3. The van der Waals surface area contributed by atoms with Crippen LogP contribution in [0.4, 0.5) is 17.1 Å². The van der Waals surface area contributed by atoms with Crippen LogP contribution >= 0.6 is 23.2 Å². The van der Waals surface area contributed by atoms with Crippen LogP contribution in [0.3, 0.4) is 0 Å². The fourth-order valence-corrected chi connectivity index (χ4v) is 5.28. The molecule has 202 valence electrons. The zero-order valence-corrected chi connectivity index (χ0v) is 26.1. The van der Waals surface area contributed by atoms with Gasteiger partial charge in [-0.25, -0.2) is 0 Å². The molecule has 0 aromatic heterocycles. The van der Waals surface area contributed by atoms with Gasteiger partial charge in [0.1, 0.15) is 10.6 Å². The molecule has 0 saturated heterocycles. The van der Waals surface area contributed by atoms with Crippen molar-refractivity contribution in [3.63, 3.8) is 0 Å². The molecule has 0 saturated carbocycles. The van der Waals surface area contributed by atoms with Crippen molar-refractivity contribution in [2.45, 2.75) is 25.2 Å². The maximum atomic E-state index is 13.5. The Kier molecular flexibility index (Phi) is 10.6. The molecule has 0 bridgehead atoms. The summed E-state index contributed by atoms with van der Waals surface area (Å²) in [6.07, 6.45) is 0.176. The summed E-state index contributed by atoms with van der Waals surface area (Å²) in [7, 11) is -4.59. The number of carbonyl (C=O) groups is 1. The van der Waals surface area contributed by atoms with E-state index in [0.29, 0.717) is 23.1 Å². The van der Waals surface area contributed by atoms with Crippen molar-refractivity contribution in [3.05, 3.63) is 81.8 Å². The van der Waals surface area contributed by atoms with Gasteiger partial charge in [-0.2, -0.15) is 18.6 Å². The average Bonchev–Trinajstić information content (AvgIpc) is 2.89. The minimum absolute atomic E-state index is 0. The van der Waals surface area contributed by atoms with Gasteiger partial charge in [0.05, 0.1) is 28.7 Å². The van der Waals surface area contributed by atoms with Crippen molar-refractivity contribution in [3.8, 4) is 11.5 Å². The van der Waals surface area contributed by atoms with Gasteiger partial charge in [0.25, 0.3) is 16.0 Å². The Bertz CT molecular complexity index is 1730. The second-order valence-corrected chi connectivity index (χ2v) is 10.5. The Labute approximate surface area is 263 Å². The van der Waals surface area contributed by atoms with Gasteiger partial charge < -0.3 is 15.2 Å². The quantitative estimate of drug-likeness (QED) is 0.175. The predicted octanol–water partition coefficient (Wildman–Crippen LogP) is 4.10. The molecular weight excluding hydrogens is 588 g/mol. The van der Waals surface area contributed by atoms with Crippen LogP contribution in [0.25, 0.3) is 10.8 Å². The zero-order valence-electron chi connectivity index (χ0n) is 21.7. The van der Waals surface area contributed by atoms with Gasteiger partial charge in [-0.05, 0) is 49.1 Å². The Morgan fingerprint density at radius 2 is 1.77 bits per heavy atom. The summed E-state index contributed by atoms with van der Waals surface area (Å²) in [5.41, 5.74) is 0.132. The fourth-order valence-electron chi connectivity index (χ4n) is 4.00. The van der Waals surface area contributed by atoms with Crippen LogP contribution in [0, 0.1) is 0 Å². The number of benzene rings is 4. The van der Waals surface area contributed by atoms with E-state index in [2.05, 4.69) is 15.5 Å². The largest absolute Gasteiger partial charge is 1.00 e. The normalized spacial score (nSPS) is 11.4. The number of amides is 1. The maximum absolute atomic E-state index is 13.5. The third kappa shape index (κ3) is 6.95. The SMILES string of the molecule is CCOc1ccc(Cl)c(NC(=O)c2cc3ccccc3c(N=Nc3cc(Cl)cc(S(=O)(=O)O)c3CC)c2[O-])c1.[Na+]. The van der Waals surface area contributed by atoms with E-state index in [4.69, 9.17) is 27.9 Å². The molecule has 0 spiro atoms. The van der Waals surface area contributed by atoms with E-state index < -0.39 is 26.7 Å². The number of nitrogens with one attached hydrogen (secondary N) is 1. The number of rotatable bonds is 8. The van der Waals surface area contributed by atoms with Crippen LogP contribution < -0.4 is 44.7 Å². The number of hydrogen-bond donors (Lipinski definition) is 2. The number of carbonyl (C=O) groups excluding carboxylic acids is 1. The van der Waals surface area contributed by atoms with E-state index in [9.17, 15) is 22.9 Å². The summed E-state index contributed by atoms with van der Waals surface area (Å²) in [5, 5.41) is 25.6. The Morgan fingerprint density at radius 3 is 2.45 bits per heavy atom. The molecule has 4 rings (SSSR count). The summed E-state index contributed by atoms with van der Waals surface area (Å²) in [5.74, 6) is -0.935. The Balaban J connectivity index is 0.00000441.